The summed E-state index contributed by atoms with van der Waals surface area (Å²) in [6, 6.07) is 10.8. The Labute approximate surface area is 125 Å². The summed E-state index contributed by atoms with van der Waals surface area (Å²) >= 11 is 0. The number of nitrogens with zero attached hydrogens (tertiary/aromatic N) is 2. The van der Waals surface area contributed by atoms with Crippen molar-refractivity contribution in [3.05, 3.63) is 71.8 Å². The molecule has 0 aliphatic heterocycles. The Morgan fingerprint density at radius 3 is 2.81 bits per heavy atom. The number of hydrogen-bond donors (Lipinski definition) is 1. The van der Waals surface area contributed by atoms with Crippen LogP contribution in [0.4, 0.5) is 0 Å². The fraction of sp³-hybridized carbons (Fsp3) is 0.222. The number of hydrogen-bond acceptors (Lipinski definition) is 3. The maximum absolute atomic E-state index is 4.34. The maximum atomic E-state index is 4.34. The molecule has 21 heavy (non-hydrogen) atoms. The number of pyridine rings is 2. The van der Waals surface area contributed by atoms with Crippen LogP contribution in [0, 0.1) is 6.92 Å². The van der Waals surface area contributed by atoms with Crippen LogP contribution in [-0.2, 0) is 0 Å². The molecule has 0 fully saturated rings. The van der Waals surface area contributed by atoms with Crippen molar-refractivity contribution in [2.24, 2.45) is 0 Å². The van der Waals surface area contributed by atoms with Crippen molar-refractivity contribution in [1.29, 1.82) is 0 Å². The Bertz CT molecular complexity index is 747. The van der Waals surface area contributed by atoms with E-state index >= 15 is 0 Å². The van der Waals surface area contributed by atoms with Gasteiger partial charge in [-0.05, 0) is 41.6 Å². The summed E-state index contributed by atoms with van der Waals surface area (Å²) in [5, 5.41) is 5.97. The molecule has 2 aromatic heterocycles. The third-order valence-corrected chi connectivity index (χ3v) is 3.67. The summed E-state index contributed by atoms with van der Waals surface area (Å²) in [7, 11) is 0. The zero-order chi connectivity index (χ0) is 14.7. The minimum atomic E-state index is 0.135. The number of nitrogens with one attached hydrogen (secondary N) is 1. The molecular weight excluding hydrogens is 258 g/mol. The minimum Gasteiger partial charge on any atom is -0.306 e. The molecule has 1 aromatic carbocycles. The van der Waals surface area contributed by atoms with Crippen LogP contribution in [0.1, 0.15) is 29.7 Å². The van der Waals surface area contributed by atoms with E-state index in [-0.39, 0.29) is 6.04 Å². The van der Waals surface area contributed by atoms with Gasteiger partial charge in [-0.25, -0.2) is 0 Å². The Hall–Kier alpha value is -2.26. The highest BCUT2D eigenvalue weighted by molar-refractivity contribution is 5.85. The molecule has 0 radical (unpaired) electrons. The molecule has 2 heterocycles. The third-order valence-electron chi connectivity index (χ3n) is 3.67. The van der Waals surface area contributed by atoms with Crippen LogP contribution >= 0.6 is 0 Å². The topological polar surface area (TPSA) is 37.8 Å². The van der Waals surface area contributed by atoms with Gasteiger partial charge in [0.2, 0.25) is 0 Å². The summed E-state index contributed by atoms with van der Waals surface area (Å²) in [4.78, 5) is 8.62. The average Bonchev–Trinajstić information content (AvgIpc) is 2.52. The molecule has 0 saturated heterocycles. The van der Waals surface area contributed by atoms with Crippen LogP contribution in [0.2, 0.25) is 0 Å². The summed E-state index contributed by atoms with van der Waals surface area (Å²) in [6.45, 7) is 5.10. The average molecular weight is 277 g/mol. The standard InChI is InChI=1S/C18H19N3/c1-3-21-18(15-9-13(2)10-20-11-15)16-6-4-5-14-7-8-19-12-17(14)16/h4-12,18,21H,3H2,1-2H3. The zero-order valence-electron chi connectivity index (χ0n) is 12.4. The first-order valence-electron chi connectivity index (χ1n) is 7.27. The van der Waals surface area contributed by atoms with Crippen molar-refractivity contribution in [1.82, 2.24) is 15.3 Å². The molecule has 1 N–H and O–H groups in total. The highest BCUT2D eigenvalue weighted by atomic mass is 14.9. The van der Waals surface area contributed by atoms with Gasteiger partial charge in [-0.15, -0.1) is 0 Å². The largest absolute Gasteiger partial charge is 0.306 e. The van der Waals surface area contributed by atoms with Crippen molar-refractivity contribution >= 4 is 10.8 Å². The van der Waals surface area contributed by atoms with Crippen LogP contribution in [0.5, 0.6) is 0 Å². The summed E-state index contributed by atoms with van der Waals surface area (Å²) in [5.41, 5.74) is 3.61. The Morgan fingerprint density at radius 2 is 2.00 bits per heavy atom. The first kappa shape index (κ1) is 13.7. The molecular formula is C18H19N3. The van der Waals surface area contributed by atoms with E-state index in [1.54, 1.807) is 0 Å². The van der Waals surface area contributed by atoms with Crippen LogP contribution in [0.15, 0.2) is 55.1 Å². The molecule has 3 nitrogen and oxygen atoms in total. The fourth-order valence-electron chi connectivity index (χ4n) is 2.74. The molecule has 0 saturated carbocycles. The van der Waals surface area contributed by atoms with Crippen LogP contribution in [0.3, 0.4) is 0 Å². The number of aromatic nitrogens is 2. The molecule has 0 amide bonds. The first-order valence-corrected chi connectivity index (χ1v) is 7.27. The van der Waals surface area contributed by atoms with Gasteiger partial charge in [0.25, 0.3) is 0 Å². The number of fused-ring (bicyclic) bond motifs is 1. The van der Waals surface area contributed by atoms with Gasteiger partial charge in [0.05, 0.1) is 6.04 Å². The molecule has 0 bridgehead atoms. The molecule has 106 valence electrons. The van der Waals surface area contributed by atoms with E-state index in [2.05, 4.69) is 59.5 Å². The quantitative estimate of drug-likeness (QED) is 0.791. The van der Waals surface area contributed by atoms with E-state index in [0.717, 1.165) is 6.54 Å². The van der Waals surface area contributed by atoms with E-state index in [4.69, 9.17) is 0 Å². The molecule has 3 aromatic rings. The van der Waals surface area contributed by atoms with E-state index in [0.29, 0.717) is 0 Å². The lowest BCUT2D eigenvalue weighted by molar-refractivity contribution is 0.632. The fourth-order valence-corrected chi connectivity index (χ4v) is 2.74. The monoisotopic (exact) mass is 277 g/mol. The Kier molecular flexibility index (Phi) is 3.93. The summed E-state index contributed by atoms with van der Waals surface area (Å²) in [5.74, 6) is 0. The van der Waals surface area contributed by atoms with Gasteiger partial charge in [-0.2, -0.15) is 0 Å². The molecule has 1 unspecified atom stereocenters. The van der Waals surface area contributed by atoms with Gasteiger partial charge in [-0.1, -0.05) is 31.2 Å². The van der Waals surface area contributed by atoms with Gasteiger partial charge >= 0.3 is 0 Å². The van der Waals surface area contributed by atoms with Gasteiger partial charge in [-0.3, -0.25) is 9.97 Å². The van der Waals surface area contributed by atoms with Crippen molar-refractivity contribution in [2.75, 3.05) is 6.54 Å². The van der Waals surface area contributed by atoms with Crippen molar-refractivity contribution in [3.63, 3.8) is 0 Å². The van der Waals surface area contributed by atoms with E-state index < -0.39 is 0 Å². The second-order valence-electron chi connectivity index (χ2n) is 5.23. The van der Waals surface area contributed by atoms with Gasteiger partial charge in [0, 0.05) is 30.2 Å². The first-order chi connectivity index (χ1) is 10.3. The number of aryl methyl sites for hydroxylation is 1. The summed E-state index contributed by atoms with van der Waals surface area (Å²) in [6.07, 6.45) is 7.60. The highest BCUT2D eigenvalue weighted by Gasteiger charge is 2.16. The molecule has 3 rings (SSSR count). The van der Waals surface area contributed by atoms with Crippen molar-refractivity contribution in [3.8, 4) is 0 Å². The Morgan fingerprint density at radius 1 is 1.10 bits per heavy atom. The lowest BCUT2D eigenvalue weighted by atomic mass is 9.95. The number of rotatable bonds is 4. The SMILES string of the molecule is CCNC(c1cncc(C)c1)c1cccc2ccncc12. The lowest BCUT2D eigenvalue weighted by Gasteiger charge is -2.20. The normalized spacial score (nSPS) is 12.5. The lowest BCUT2D eigenvalue weighted by Crippen LogP contribution is -2.22. The van der Waals surface area contributed by atoms with E-state index in [9.17, 15) is 0 Å². The molecule has 3 heteroatoms. The van der Waals surface area contributed by atoms with Crippen LogP contribution in [-0.4, -0.2) is 16.5 Å². The van der Waals surface area contributed by atoms with Crippen molar-refractivity contribution in [2.45, 2.75) is 19.9 Å². The predicted molar refractivity (Wildman–Crippen MR) is 86.2 cm³/mol. The molecule has 0 aliphatic carbocycles. The van der Waals surface area contributed by atoms with E-state index in [1.165, 1.54) is 27.5 Å². The van der Waals surface area contributed by atoms with Gasteiger partial charge in [0.15, 0.2) is 0 Å². The third kappa shape index (κ3) is 2.78. The van der Waals surface area contributed by atoms with Crippen LogP contribution < -0.4 is 5.32 Å². The summed E-state index contributed by atoms with van der Waals surface area (Å²) < 4.78 is 0. The second kappa shape index (κ2) is 6.02. The van der Waals surface area contributed by atoms with Crippen LogP contribution in [0.25, 0.3) is 10.8 Å². The molecule has 1 atom stereocenters. The smallest absolute Gasteiger partial charge is 0.0598 e. The number of benzene rings is 1. The minimum absolute atomic E-state index is 0.135. The Balaban J connectivity index is 2.16. The second-order valence-corrected chi connectivity index (χ2v) is 5.23. The maximum Gasteiger partial charge on any atom is 0.0598 e. The van der Waals surface area contributed by atoms with Gasteiger partial charge in [0.1, 0.15) is 0 Å². The highest BCUT2D eigenvalue weighted by Crippen LogP contribution is 2.28. The zero-order valence-corrected chi connectivity index (χ0v) is 12.4. The van der Waals surface area contributed by atoms with Gasteiger partial charge < -0.3 is 5.32 Å². The van der Waals surface area contributed by atoms with E-state index in [1.807, 2.05) is 24.8 Å². The predicted octanol–water partition coefficient (Wildman–Crippen LogP) is 3.64. The molecule has 0 aliphatic rings. The van der Waals surface area contributed by atoms with Crippen molar-refractivity contribution < 1.29 is 0 Å². The molecule has 0 spiro atoms.